The second-order valence-corrected chi connectivity index (χ2v) is 4.17. The molecule has 0 unspecified atom stereocenters. The summed E-state index contributed by atoms with van der Waals surface area (Å²) in [5.74, 6) is -0.574. The van der Waals surface area contributed by atoms with E-state index in [0.717, 1.165) is 0 Å². The molecule has 0 spiro atoms. The van der Waals surface area contributed by atoms with E-state index in [2.05, 4.69) is 6.58 Å². The number of aliphatic hydroxyl groups is 1. The molecule has 2 atom stereocenters. The van der Waals surface area contributed by atoms with Gasteiger partial charge in [-0.05, 0) is 27.2 Å². The van der Waals surface area contributed by atoms with Crippen LogP contribution >= 0.6 is 0 Å². The summed E-state index contributed by atoms with van der Waals surface area (Å²) >= 11 is 0. The van der Waals surface area contributed by atoms with E-state index in [0.29, 0.717) is 13.0 Å². The Morgan fingerprint density at radius 1 is 1.69 bits per heavy atom. The molecule has 1 saturated heterocycles. The molecule has 1 rings (SSSR count). The van der Waals surface area contributed by atoms with Gasteiger partial charge in [0.1, 0.15) is 6.10 Å². The van der Waals surface area contributed by atoms with Gasteiger partial charge in [-0.3, -0.25) is 0 Å². The molecule has 1 N–H and O–H groups in total. The van der Waals surface area contributed by atoms with Gasteiger partial charge in [0, 0.05) is 0 Å². The van der Waals surface area contributed by atoms with Gasteiger partial charge in [0.05, 0.1) is 12.2 Å². The van der Waals surface area contributed by atoms with Gasteiger partial charge in [-0.2, -0.15) is 0 Å². The van der Waals surface area contributed by atoms with Crippen molar-refractivity contribution in [2.24, 2.45) is 0 Å². The first kappa shape index (κ1) is 10.7. The van der Waals surface area contributed by atoms with Crippen LogP contribution in [0.1, 0.15) is 27.2 Å². The minimum Gasteiger partial charge on any atom is -0.387 e. The molecule has 1 fully saturated rings. The normalized spacial score (nSPS) is 31.2. The van der Waals surface area contributed by atoms with E-state index >= 15 is 0 Å². The molecule has 13 heavy (non-hydrogen) atoms. The molecule has 0 bridgehead atoms. The summed E-state index contributed by atoms with van der Waals surface area (Å²) in [6, 6.07) is 0. The second-order valence-electron chi connectivity index (χ2n) is 4.17. The maximum atomic E-state index is 9.97. The summed E-state index contributed by atoms with van der Waals surface area (Å²) in [5, 5.41) is 9.97. The standard InChI is InChI=1S/C10H18O3/c1-5-6-10(4,11)8-7-12-9(2,3)13-8/h5,8,11H,1,6-7H2,2-4H3/t8-,10-/m1/s1. The average Bonchev–Trinajstić information content (AvgIpc) is 2.30. The van der Waals surface area contributed by atoms with Crippen molar-refractivity contribution in [1.29, 1.82) is 0 Å². The van der Waals surface area contributed by atoms with Crippen LogP contribution in [0.3, 0.4) is 0 Å². The van der Waals surface area contributed by atoms with Crippen molar-refractivity contribution in [3.05, 3.63) is 12.7 Å². The van der Waals surface area contributed by atoms with Gasteiger partial charge in [0.2, 0.25) is 0 Å². The smallest absolute Gasteiger partial charge is 0.163 e. The number of hydrogen-bond donors (Lipinski definition) is 1. The van der Waals surface area contributed by atoms with Crippen LogP contribution in [0.2, 0.25) is 0 Å². The second kappa shape index (κ2) is 3.40. The molecule has 0 radical (unpaired) electrons. The predicted octanol–water partition coefficient (Wildman–Crippen LogP) is 1.46. The maximum Gasteiger partial charge on any atom is 0.163 e. The summed E-state index contributed by atoms with van der Waals surface area (Å²) < 4.78 is 10.9. The first-order valence-electron chi connectivity index (χ1n) is 4.52. The Hall–Kier alpha value is -0.380. The van der Waals surface area contributed by atoms with Crippen LogP contribution in [0.25, 0.3) is 0 Å². The largest absolute Gasteiger partial charge is 0.387 e. The fourth-order valence-electron chi connectivity index (χ4n) is 1.42. The van der Waals surface area contributed by atoms with Crippen LogP contribution in [0.15, 0.2) is 12.7 Å². The zero-order chi connectivity index (χ0) is 10.1. The number of rotatable bonds is 3. The van der Waals surface area contributed by atoms with E-state index in [1.54, 1.807) is 13.0 Å². The summed E-state index contributed by atoms with van der Waals surface area (Å²) in [4.78, 5) is 0. The lowest BCUT2D eigenvalue weighted by Gasteiger charge is -2.28. The van der Waals surface area contributed by atoms with Crippen LogP contribution in [0, 0.1) is 0 Å². The molecule has 3 nitrogen and oxygen atoms in total. The highest BCUT2D eigenvalue weighted by Crippen LogP contribution is 2.30. The molecule has 0 aromatic rings. The van der Waals surface area contributed by atoms with Gasteiger partial charge in [0.15, 0.2) is 5.79 Å². The Kier molecular flexibility index (Phi) is 2.80. The van der Waals surface area contributed by atoms with Crippen molar-refractivity contribution in [3.8, 4) is 0 Å². The lowest BCUT2D eigenvalue weighted by atomic mass is 9.96. The van der Waals surface area contributed by atoms with Gasteiger partial charge < -0.3 is 14.6 Å². The van der Waals surface area contributed by atoms with E-state index < -0.39 is 11.4 Å². The summed E-state index contributed by atoms with van der Waals surface area (Å²) in [6.07, 6.45) is 1.94. The molecule has 1 aliphatic heterocycles. The summed E-state index contributed by atoms with van der Waals surface area (Å²) in [7, 11) is 0. The molecule has 0 amide bonds. The van der Waals surface area contributed by atoms with Gasteiger partial charge in [-0.25, -0.2) is 0 Å². The van der Waals surface area contributed by atoms with Crippen molar-refractivity contribution < 1.29 is 14.6 Å². The fourth-order valence-corrected chi connectivity index (χ4v) is 1.42. The Morgan fingerprint density at radius 3 is 2.69 bits per heavy atom. The number of hydrogen-bond acceptors (Lipinski definition) is 3. The molecule has 3 heteroatoms. The van der Waals surface area contributed by atoms with Crippen LogP contribution in [-0.2, 0) is 9.47 Å². The van der Waals surface area contributed by atoms with Crippen LogP contribution < -0.4 is 0 Å². The van der Waals surface area contributed by atoms with Gasteiger partial charge in [-0.1, -0.05) is 6.08 Å². The highest BCUT2D eigenvalue weighted by Gasteiger charge is 2.42. The first-order valence-corrected chi connectivity index (χ1v) is 4.52. The quantitative estimate of drug-likeness (QED) is 0.678. The molecular formula is C10H18O3. The Morgan fingerprint density at radius 2 is 2.31 bits per heavy atom. The Bertz CT molecular complexity index is 196. The van der Waals surface area contributed by atoms with E-state index in [4.69, 9.17) is 9.47 Å². The van der Waals surface area contributed by atoms with Gasteiger partial charge >= 0.3 is 0 Å². The predicted molar refractivity (Wildman–Crippen MR) is 50.3 cm³/mol. The lowest BCUT2D eigenvalue weighted by Crippen LogP contribution is -2.41. The third kappa shape index (κ3) is 2.53. The van der Waals surface area contributed by atoms with Crippen molar-refractivity contribution in [1.82, 2.24) is 0 Å². The topological polar surface area (TPSA) is 38.7 Å². The Labute approximate surface area is 79.3 Å². The molecule has 0 aromatic heterocycles. The highest BCUT2D eigenvalue weighted by molar-refractivity contribution is 4.92. The van der Waals surface area contributed by atoms with Gasteiger partial charge in [0.25, 0.3) is 0 Å². The average molecular weight is 186 g/mol. The SMILES string of the molecule is C=CC[C@@](C)(O)[C@H]1COC(C)(C)O1. The van der Waals surface area contributed by atoms with Crippen molar-refractivity contribution in [2.45, 2.75) is 44.7 Å². The summed E-state index contributed by atoms with van der Waals surface area (Å²) in [6.45, 7) is 9.46. The van der Waals surface area contributed by atoms with Crippen molar-refractivity contribution >= 4 is 0 Å². The molecule has 0 aliphatic carbocycles. The summed E-state index contributed by atoms with van der Waals surface area (Å²) in [5.41, 5.74) is -0.879. The minimum atomic E-state index is -0.879. The van der Waals surface area contributed by atoms with E-state index in [1.807, 2.05) is 13.8 Å². The molecule has 0 aromatic carbocycles. The van der Waals surface area contributed by atoms with E-state index in [9.17, 15) is 5.11 Å². The van der Waals surface area contributed by atoms with E-state index in [1.165, 1.54) is 0 Å². The number of ether oxygens (including phenoxy) is 2. The molecule has 76 valence electrons. The molecule has 1 heterocycles. The third-order valence-corrected chi connectivity index (χ3v) is 2.26. The molecule has 0 saturated carbocycles. The first-order chi connectivity index (χ1) is 5.87. The monoisotopic (exact) mass is 186 g/mol. The molecular weight excluding hydrogens is 168 g/mol. The zero-order valence-corrected chi connectivity index (χ0v) is 8.54. The minimum absolute atomic E-state index is 0.263. The molecule has 1 aliphatic rings. The van der Waals surface area contributed by atoms with Crippen LogP contribution in [0.4, 0.5) is 0 Å². The van der Waals surface area contributed by atoms with Crippen LogP contribution in [0.5, 0.6) is 0 Å². The van der Waals surface area contributed by atoms with Crippen LogP contribution in [-0.4, -0.2) is 29.2 Å². The lowest BCUT2D eigenvalue weighted by molar-refractivity contribution is -0.166. The highest BCUT2D eigenvalue weighted by atomic mass is 16.7. The maximum absolute atomic E-state index is 9.97. The fraction of sp³-hybridized carbons (Fsp3) is 0.800. The zero-order valence-electron chi connectivity index (χ0n) is 8.54. The third-order valence-electron chi connectivity index (χ3n) is 2.26. The Balaban J connectivity index is 2.59. The van der Waals surface area contributed by atoms with E-state index in [-0.39, 0.29) is 6.10 Å². The van der Waals surface area contributed by atoms with Crippen molar-refractivity contribution in [3.63, 3.8) is 0 Å². The van der Waals surface area contributed by atoms with Crippen molar-refractivity contribution in [2.75, 3.05) is 6.61 Å². The van der Waals surface area contributed by atoms with Gasteiger partial charge in [-0.15, -0.1) is 6.58 Å².